The maximum absolute atomic E-state index is 12.5. The summed E-state index contributed by atoms with van der Waals surface area (Å²) in [5, 5.41) is 3.05. The zero-order valence-corrected chi connectivity index (χ0v) is 19.2. The van der Waals surface area contributed by atoms with E-state index in [9.17, 15) is 9.59 Å². The number of nitrogens with zero attached hydrogens (tertiary/aromatic N) is 1. The fourth-order valence-electron chi connectivity index (χ4n) is 4.65. The minimum absolute atomic E-state index is 0.0838. The number of amides is 2. The summed E-state index contributed by atoms with van der Waals surface area (Å²) < 4.78 is 16.8. The summed E-state index contributed by atoms with van der Waals surface area (Å²) in [6, 6.07) is 8.11. The lowest BCUT2D eigenvalue weighted by Gasteiger charge is -2.49. The van der Waals surface area contributed by atoms with Crippen LogP contribution in [0.4, 0.5) is 4.79 Å². The fraction of sp³-hybridized carbons (Fsp3) is 0.667. The number of benzene rings is 1. The second kappa shape index (κ2) is 9.90. The molecule has 1 aromatic carbocycles. The van der Waals surface area contributed by atoms with E-state index < -0.39 is 5.60 Å². The molecule has 1 spiro atoms. The Hall–Kier alpha value is -2.28. The highest BCUT2D eigenvalue weighted by Gasteiger charge is 2.48. The SMILES string of the molecule is COCCCOc1ccccc1C1CNC(=O)CC12CCN(C(=O)OC(C)(C)C)CC2. The molecule has 3 rings (SSSR count). The molecule has 172 valence electrons. The van der Waals surface area contributed by atoms with E-state index in [-0.39, 0.29) is 23.3 Å². The predicted molar refractivity (Wildman–Crippen MR) is 118 cm³/mol. The van der Waals surface area contributed by atoms with Gasteiger partial charge in [0.2, 0.25) is 5.91 Å². The van der Waals surface area contributed by atoms with E-state index in [2.05, 4.69) is 11.4 Å². The van der Waals surface area contributed by atoms with Crippen molar-refractivity contribution in [1.82, 2.24) is 10.2 Å². The van der Waals surface area contributed by atoms with Crippen LogP contribution in [-0.2, 0) is 14.3 Å². The molecule has 2 aliphatic rings. The molecule has 0 radical (unpaired) electrons. The first kappa shape index (κ1) is 23.4. The largest absolute Gasteiger partial charge is 0.493 e. The molecule has 0 aliphatic carbocycles. The van der Waals surface area contributed by atoms with Crippen molar-refractivity contribution in [2.75, 3.05) is 40.0 Å². The van der Waals surface area contributed by atoms with Gasteiger partial charge in [-0.1, -0.05) is 18.2 Å². The van der Waals surface area contributed by atoms with Gasteiger partial charge in [0.15, 0.2) is 0 Å². The zero-order chi connectivity index (χ0) is 22.5. The summed E-state index contributed by atoms with van der Waals surface area (Å²) in [6.07, 6.45) is 2.55. The Morgan fingerprint density at radius 2 is 1.90 bits per heavy atom. The number of rotatable bonds is 6. The molecule has 2 aliphatic heterocycles. The van der Waals surface area contributed by atoms with E-state index in [0.717, 1.165) is 30.6 Å². The van der Waals surface area contributed by atoms with Gasteiger partial charge in [0, 0.05) is 52.1 Å². The van der Waals surface area contributed by atoms with Crippen LogP contribution in [0.5, 0.6) is 5.75 Å². The lowest BCUT2D eigenvalue weighted by atomic mass is 9.62. The lowest BCUT2D eigenvalue weighted by molar-refractivity contribution is -0.128. The number of nitrogens with one attached hydrogen (secondary N) is 1. The first-order valence-electron chi connectivity index (χ1n) is 11.2. The Bertz CT molecular complexity index is 765. The number of likely N-dealkylation sites (tertiary alicyclic amines) is 1. The van der Waals surface area contributed by atoms with Gasteiger partial charge >= 0.3 is 6.09 Å². The van der Waals surface area contributed by atoms with Gasteiger partial charge in [-0.3, -0.25) is 4.79 Å². The monoisotopic (exact) mass is 432 g/mol. The Morgan fingerprint density at radius 3 is 2.58 bits per heavy atom. The van der Waals surface area contributed by atoms with Crippen molar-refractivity contribution in [3.05, 3.63) is 29.8 Å². The smallest absolute Gasteiger partial charge is 0.410 e. The summed E-state index contributed by atoms with van der Waals surface area (Å²) in [7, 11) is 1.69. The number of ether oxygens (including phenoxy) is 3. The van der Waals surface area contributed by atoms with Gasteiger partial charge in [-0.05, 0) is 50.7 Å². The summed E-state index contributed by atoms with van der Waals surface area (Å²) in [4.78, 5) is 26.7. The highest BCUT2D eigenvalue weighted by Crippen LogP contribution is 2.50. The fourth-order valence-corrected chi connectivity index (χ4v) is 4.65. The summed E-state index contributed by atoms with van der Waals surface area (Å²) >= 11 is 0. The van der Waals surface area contributed by atoms with E-state index in [1.165, 1.54) is 0 Å². The first-order chi connectivity index (χ1) is 14.7. The molecular weight excluding hydrogens is 396 g/mol. The van der Waals surface area contributed by atoms with Gasteiger partial charge < -0.3 is 24.4 Å². The Kier molecular flexibility index (Phi) is 7.46. The second-order valence-corrected chi connectivity index (χ2v) is 9.60. The highest BCUT2D eigenvalue weighted by atomic mass is 16.6. The van der Waals surface area contributed by atoms with Crippen LogP contribution in [-0.4, -0.2) is 62.5 Å². The van der Waals surface area contributed by atoms with Crippen LogP contribution in [0.25, 0.3) is 0 Å². The van der Waals surface area contributed by atoms with Gasteiger partial charge in [0.1, 0.15) is 11.4 Å². The molecule has 0 saturated carbocycles. The highest BCUT2D eigenvalue weighted by molar-refractivity contribution is 5.78. The third-order valence-electron chi connectivity index (χ3n) is 6.21. The third-order valence-corrected chi connectivity index (χ3v) is 6.21. The van der Waals surface area contributed by atoms with E-state index >= 15 is 0 Å². The average molecular weight is 433 g/mol. The maximum Gasteiger partial charge on any atom is 0.410 e. The minimum Gasteiger partial charge on any atom is -0.493 e. The molecule has 1 unspecified atom stereocenters. The van der Waals surface area contributed by atoms with E-state index in [4.69, 9.17) is 14.2 Å². The van der Waals surface area contributed by atoms with Crippen LogP contribution < -0.4 is 10.1 Å². The molecule has 2 heterocycles. The van der Waals surface area contributed by atoms with Crippen LogP contribution in [0, 0.1) is 5.41 Å². The van der Waals surface area contributed by atoms with Crippen molar-refractivity contribution in [3.8, 4) is 5.75 Å². The molecule has 1 aromatic rings. The van der Waals surface area contributed by atoms with Crippen molar-refractivity contribution in [3.63, 3.8) is 0 Å². The summed E-state index contributed by atoms with van der Waals surface area (Å²) in [5.74, 6) is 1.10. The molecule has 7 nitrogen and oxygen atoms in total. The van der Waals surface area contributed by atoms with Crippen LogP contribution >= 0.6 is 0 Å². The van der Waals surface area contributed by atoms with Gasteiger partial charge in [-0.15, -0.1) is 0 Å². The number of hydrogen-bond donors (Lipinski definition) is 1. The second-order valence-electron chi connectivity index (χ2n) is 9.60. The molecule has 1 N–H and O–H groups in total. The van der Waals surface area contributed by atoms with Crippen LogP contribution in [0.2, 0.25) is 0 Å². The third kappa shape index (κ3) is 5.91. The Labute approximate surface area is 185 Å². The number of piperidine rings is 2. The van der Waals surface area contributed by atoms with Crippen molar-refractivity contribution in [2.24, 2.45) is 5.41 Å². The molecule has 2 amide bonds. The number of hydrogen-bond acceptors (Lipinski definition) is 5. The molecule has 1 atom stereocenters. The first-order valence-corrected chi connectivity index (χ1v) is 11.2. The Morgan fingerprint density at radius 1 is 1.19 bits per heavy atom. The molecule has 2 saturated heterocycles. The predicted octanol–water partition coefficient (Wildman–Crippen LogP) is 3.72. The van der Waals surface area contributed by atoms with Crippen molar-refractivity contribution >= 4 is 12.0 Å². The standard InChI is InChI=1S/C24H36N2O5/c1-23(2,3)31-22(28)26-12-10-24(11-13-26)16-21(27)25-17-19(24)18-8-5-6-9-20(18)30-15-7-14-29-4/h5-6,8-9,19H,7,10-17H2,1-4H3,(H,25,27). The molecule has 0 aromatic heterocycles. The number of para-hydroxylation sites is 1. The summed E-state index contributed by atoms with van der Waals surface area (Å²) in [6.45, 7) is 8.65. The van der Waals surface area contributed by atoms with Crippen molar-refractivity contribution < 1.29 is 23.8 Å². The van der Waals surface area contributed by atoms with Crippen molar-refractivity contribution in [1.29, 1.82) is 0 Å². The topological polar surface area (TPSA) is 77.1 Å². The van der Waals surface area contributed by atoms with Crippen LogP contribution in [0.3, 0.4) is 0 Å². The number of methoxy groups -OCH3 is 1. The van der Waals surface area contributed by atoms with Crippen LogP contribution in [0.15, 0.2) is 24.3 Å². The quantitative estimate of drug-likeness (QED) is 0.693. The van der Waals surface area contributed by atoms with Gasteiger partial charge in [-0.2, -0.15) is 0 Å². The van der Waals surface area contributed by atoms with E-state index in [1.54, 1.807) is 12.0 Å². The Balaban J connectivity index is 1.76. The molecule has 0 bridgehead atoms. The number of carbonyl (C=O) groups excluding carboxylic acids is 2. The van der Waals surface area contributed by atoms with Gasteiger partial charge in [0.05, 0.1) is 6.61 Å². The normalized spacial score (nSPS) is 21.0. The van der Waals surface area contributed by atoms with E-state index in [0.29, 0.717) is 39.3 Å². The molecular formula is C24H36N2O5. The molecule has 31 heavy (non-hydrogen) atoms. The molecule has 2 fully saturated rings. The lowest BCUT2D eigenvalue weighted by Crippen LogP contribution is -2.53. The summed E-state index contributed by atoms with van der Waals surface area (Å²) in [5.41, 5.74) is 0.427. The van der Waals surface area contributed by atoms with Gasteiger partial charge in [-0.25, -0.2) is 4.79 Å². The average Bonchev–Trinajstić information content (AvgIpc) is 2.71. The van der Waals surface area contributed by atoms with Crippen molar-refractivity contribution in [2.45, 2.75) is 58.0 Å². The van der Waals surface area contributed by atoms with Crippen LogP contribution in [0.1, 0.15) is 57.9 Å². The molecule has 7 heteroatoms. The van der Waals surface area contributed by atoms with Gasteiger partial charge in [0.25, 0.3) is 0 Å². The van der Waals surface area contributed by atoms with E-state index in [1.807, 2.05) is 39.0 Å². The maximum atomic E-state index is 12.5. The zero-order valence-electron chi connectivity index (χ0n) is 19.2. The number of carbonyl (C=O) groups is 2. The minimum atomic E-state index is -0.515.